The van der Waals surface area contributed by atoms with Gasteiger partial charge in [-0.05, 0) is 45.2 Å². The van der Waals surface area contributed by atoms with Crippen LogP contribution in [0.5, 0.6) is 0 Å². The van der Waals surface area contributed by atoms with Crippen molar-refractivity contribution in [1.82, 2.24) is 9.88 Å². The number of aromatic nitrogens is 1. The first-order valence-electron chi connectivity index (χ1n) is 9.30. The fraction of sp³-hybridized carbons (Fsp3) is 0.524. The van der Waals surface area contributed by atoms with Gasteiger partial charge in [-0.3, -0.25) is 9.69 Å². The van der Waals surface area contributed by atoms with E-state index in [2.05, 4.69) is 48.9 Å². The number of pyridine rings is 1. The lowest BCUT2D eigenvalue weighted by Crippen LogP contribution is -2.36. The van der Waals surface area contributed by atoms with Gasteiger partial charge < -0.3 is 10.7 Å². The molecule has 1 aromatic rings. The maximum atomic E-state index is 11.2. The second-order valence-corrected chi connectivity index (χ2v) is 6.77. The van der Waals surface area contributed by atoms with Crippen LogP contribution >= 0.6 is 12.2 Å². The van der Waals surface area contributed by atoms with Gasteiger partial charge in [-0.1, -0.05) is 58.5 Å². The highest BCUT2D eigenvalue weighted by atomic mass is 32.1. The molecular formula is C21H35N3OS. The van der Waals surface area contributed by atoms with E-state index in [0.717, 1.165) is 31.9 Å². The summed E-state index contributed by atoms with van der Waals surface area (Å²) in [6.45, 7) is 12.2. The van der Waals surface area contributed by atoms with Gasteiger partial charge >= 0.3 is 0 Å². The normalized spacial score (nSPS) is 15.0. The Morgan fingerprint density at radius 2 is 1.81 bits per heavy atom. The summed E-state index contributed by atoms with van der Waals surface area (Å²) >= 11 is 5.60. The number of hydrogen-bond donors (Lipinski definition) is 2. The van der Waals surface area contributed by atoms with Crippen molar-refractivity contribution in [3.05, 3.63) is 38.5 Å². The lowest BCUT2D eigenvalue weighted by molar-refractivity contribution is -0.117. The second kappa shape index (κ2) is 11.8. The minimum atomic E-state index is -0.361. The van der Waals surface area contributed by atoms with E-state index in [9.17, 15) is 4.79 Å². The van der Waals surface area contributed by atoms with E-state index in [0.29, 0.717) is 0 Å². The van der Waals surface area contributed by atoms with Crippen molar-refractivity contribution in [3.63, 3.8) is 0 Å². The number of amides is 1. The fourth-order valence-electron chi connectivity index (χ4n) is 2.51. The lowest BCUT2D eigenvalue weighted by atomic mass is 10.1. The predicted octanol–water partition coefficient (Wildman–Crippen LogP) is 2.97. The first-order chi connectivity index (χ1) is 12.2. The summed E-state index contributed by atoms with van der Waals surface area (Å²) in [5.74, 6) is -0.361. The number of rotatable bonds is 3. The Morgan fingerprint density at radius 3 is 2.27 bits per heavy atom. The number of aromatic amines is 1. The summed E-state index contributed by atoms with van der Waals surface area (Å²) in [7, 11) is 4.05. The molecule has 4 nitrogen and oxygen atoms in total. The number of hydrogen-bond acceptors (Lipinski definition) is 3. The standard InChI is InChI=1S/C16H21N3OS.C3H8.C2H6/c1-9-5-6-11(19(3)4)7-13-15(9)16(21)10(2)12(18-13)8-14(17)20;1-3-2;1-2/h5-7,11,18H,8H2,1-4H3,(H2,17,20);3H2,1-2H3;1-2H3. The fourth-order valence-corrected chi connectivity index (χ4v) is 2.90. The molecule has 0 aromatic carbocycles. The molecule has 1 atom stereocenters. The third-order valence-corrected chi connectivity index (χ3v) is 4.31. The molecular weight excluding hydrogens is 342 g/mol. The highest BCUT2D eigenvalue weighted by molar-refractivity contribution is 7.71. The number of primary amides is 1. The molecule has 0 saturated heterocycles. The summed E-state index contributed by atoms with van der Waals surface area (Å²) in [6, 6.07) is 0.177. The van der Waals surface area contributed by atoms with E-state index in [1.165, 1.54) is 6.42 Å². The summed E-state index contributed by atoms with van der Waals surface area (Å²) in [4.78, 5) is 16.7. The Kier molecular flexibility index (Phi) is 11.0. The summed E-state index contributed by atoms with van der Waals surface area (Å²) in [5.41, 5.74) is 8.17. The highest BCUT2D eigenvalue weighted by Crippen LogP contribution is 2.08. The average molecular weight is 378 g/mol. The zero-order valence-corrected chi connectivity index (χ0v) is 18.4. The molecule has 0 bridgehead atoms. The Morgan fingerprint density at radius 1 is 1.27 bits per heavy atom. The maximum absolute atomic E-state index is 11.2. The number of H-pyrrole nitrogens is 1. The van der Waals surface area contributed by atoms with E-state index < -0.39 is 0 Å². The summed E-state index contributed by atoms with van der Waals surface area (Å²) < 4.78 is 0.790. The first kappa shape index (κ1) is 24.3. The van der Waals surface area contributed by atoms with Gasteiger partial charge in [0.05, 0.1) is 10.9 Å². The first-order valence-corrected chi connectivity index (χ1v) is 9.71. The molecule has 1 aromatic heterocycles. The number of allylic oxidation sites excluding steroid dienone is 1. The van der Waals surface area contributed by atoms with Gasteiger partial charge in [0.15, 0.2) is 0 Å². The van der Waals surface area contributed by atoms with Crippen molar-refractivity contribution in [2.75, 3.05) is 14.1 Å². The Labute approximate surface area is 163 Å². The van der Waals surface area contributed by atoms with Crippen molar-refractivity contribution in [2.24, 2.45) is 5.73 Å². The minimum Gasteiger partial charge on any atom is -0.369 e. The van der Waals surface area contributed by atoms with Gasteiger partial charge in [-0.2, -0.15) is 0 Å². The van der Waals surface area contributed by atoms with Crippen molar-refractivity contribution in [3.8, 4) is 0 Å². The minimum absolute atomic E-state index is 0.176. The molecule has 1 unspecified atom stereocenters. The molecule has 5 heteroatoms. The Bertz CT molecular complexity index is 804. The van der Waals surface area contributed by atoms with E-state index >= 15 is 0 Å². The van der Waals surface area contributed by atoms with E-state index in [-0.39, 0.29) is 18.4 Å². The number of carbonyl (C=O) groups is 1. The van der Waals surface area contributed by atoms with E-state index in [1.807, 2.05) is 34.9 Å². The number of nitrogens with two attached hydrogens (primary N) is 1. The van der Waals surface area contributed by atoms with Gasteiger partial charge in [0.2, 0.25) is 5.91 Å². The van der Waals surface area contributed by atoms with Gasteiger partial charge in [-0.15, -0.1) is 0 Å². The second-order valence-electron chi connectivity index (χ2n) is 6.36. The van der Waals surface area contributed by atoms with Crippen LogP contribution in [0, 0.1) is 11.4 Å². The van der Waals surface area contributed by atoms with Crippen LogP contribution in [0.1, 0.15) is 52.3 Å². The van der Waals surface area contributed by atoms with Gasteiger partial charge in [0.25, 0.3) is 0 Å². The van der Waals surface area contributed by atoms with Crippen LogP contribution in [0.15, 0.2) is 12.2 Å². The van der Waals surface area contributed by atoms with Gasteiger partial charge in [-0.25, -0.2) is 0 Å². The molecule has 1 aliphatic rings. The van der Waals surface area contributed by atoms with Crippen molar-refractivity contribution in [2.45, 2.75) is 60.4 Å². The number of likely N-dealkylation sites (N-methyl/N-ethyl adjacent to an activating group) is 1. The zero-order valence-electron chi connectivity index (χ0n) is 17.6. The van der Waals surface area contributed by atoms with Crippen LogP contribution in [0.2, 0.25) is 0 Å². The van der Waals surface area contributed by atoms with Crippen LogP contribution < -0.4 is 16.3 Å². The molecule has 3 N–H and O–H groups in total. The topological polar surface area (TPSA) is 62.1 Å². The molecule has 0 fully saturated rings. The third kappa shape index (κ3) is 6.54. The zero-order chi connectivity index (χ0) is 20.4. The monoisotopic (exact) mass is 377 g/mol. The summed E-state index contributed by atoms with van der Waals surface area (Å²) in [5, 5.41) is 2.00. The lowest BCUT2D eigenvalue weighted by Gasteiger charge is -2.16. The van der Waals surface area contributed by atoms with Crippen molar-refractivity contribution in [1.29, 1.82) is 0 Å². The van der Waals surface area contributed by atoms with Crippen LogP contribution in [0.3, 0.4) is 0 Å². The van der Waals surface area contributed by atoms with Crippen LogP contribution in [-0.2, 0) is 11.2 Å². The van der Waals surface area contributed by atoms with E-state index in [1.54, 1.807) is 0 Å². The highest BCUT2D eigenvalue weighted by Gasteiger charge is 2.11. The van der Waals surface area contributed by atoms with Crippen LogP contribution in [0.4, 0.5) is 0 Å². The molecule has 0 spiro atoms. The molecule has 0 saturated carbocycles. The molecule has 2 rings (SSSR count). The SMILES string of the molecule is CC.CC1=c2c([nH]c(CC(N)=O)c(C)c2=S)=CC(N(C)C)C=C1.CCC. The number of fused-ring (bicyclic) bond motifs is 1. The maximum Gasteiger partial charge on any atom is 0.223 e. The number of nitrogens with one attached hydrogen (secondary N) is 1. The van der Waals surface area contributed by atoms with Crippen LogP contribution in [-0.4, -0.2) is 35.9 Å². The largest absolute Gasteiger partial charge is 0.369 e. The Balaban J connectivity index is 0.00000113. The molecule has 1 heterocycles. The molecule has 26 heavy (non-hydrogen) atoms. The third-order valence-electron chi connectivity index (χ3n) is 3.80. The average Bonchev–Trinajstić information content (AvgIpc) is 2.73. The molecule has 146 valence electrons. The number of carbonyl (C=O) groups excluding carboxylic acids is 1. The van der Waals surface area contributed by atoms with E-state index in [4.69, 9.17) is 18.0 Å². The van der Waals surface area contributed by atoms with Gasteiger partial charge in [0, 0.05) is 22.3 Å². The number of nitrogens with zero attached hydrogens (tertiary/aromatic N) is 1. The van der Waals surface area contributed by atoms with Gasteiger partial charge in [0.1, 0.15) is 0 Å². The Hall–Kier alpha value is -1.72. The van der Waals surface area contributed by atoms with Crippen molar-refractivity contribution >= 4 is 29.8 Å². The molecule has 0 aliphatic heterocycles. The molecule has 1 aliphatic carbocycles. The predicted molar refractivity (Wildman–Crippen MR) is 116 cm³/mol. The molecule has 1 amide bonds. The summed E-state index contributed by atoms with van der Waals surface area (Å²) in [6.07, 6.45) is 7.79. The quantitative estimate of drug-likeness (QED) is 0.796. The van der Waals surface area contributed by atoms with Crippen molar-refractivity contribution < 1.29 is 4.79 Å². The smallest absolute Gasteiger partial charge is 0.223 e. The molecule has 0 radical (unpaired) electrons. The van der Waals surface area contributed by atoms with Crippen LogP contribution in [0.25, 0.3) is 11.6 Å².